The maximum atomic E-state index is 2.16. The van der Waals surface area contributed by atoms with Gasteiger partial charge in [0.05, 0.1) is 0 Å². The van der Waals surface area contributed by atoms with Gasteiger partial charge in [-0.05, 0) is 34.4 Å². The summed E-state index contributed by atoms with van der Waals surface area (Å²) >= 11 is 0. The van der Waals surface area contributed by atoms with Gasteiger partial charge in [0.25, 0.3) is 0 Å². The lowest BCUT2D eigenvalue weighted by atomic mass is 10.1. The Bertz CT molecular complexity index is 888. The highest BCUT2D eigenvalue weighted by molar-refractivity contribution is 5.85. The van der Waals surface area contributed by atoms with Crippen molar-refractivity contribution in [3.05, 3.63) is 120 Å². The molecule has 0 nitrogen and oxygen atoms in total. The number of fused-ring (bicyclic) bond motifs is 1. The number of benzene rings is 4. The fourth-order valence-electron chi connectivity index (χ4n) is 2.71. The first-order valence-corrected chi connectivity index (χ1v) is 8.55. The van der Waals surface area contributed by atoms with E-state index in [1.54, 1.807) is 0 Å². The Hall–Kier alpha value is -3.12. The van der Waals surface area contributed by atoms with Crippen LogP contribution >= 0.6 is 0 Å². The third-order valence-electron chi connectivity index (χ3n) is 4.08. The molecule has 0 aliphatic heterocycles. The van der Waals surface area contributed by atoms with Gasteiger partial charge in [-0.2, -0.15) is 0 Å². The summed E-state index contributed by atoms with van der Waals surface area (Å²) in [5, 5.41) is 2.68. The summed E-state index contributed by atoms with van der Waals surface area (Å²) in [6.45, 7) is 2.14. The van der Waals surface area contributed by atoms with Crippen LogP contribution in [0, 0.1) is 6.92 Å². The maximum Gasteiger partial charge on any atom is -0.0155 e. The Kier molecular flexibility index (Phi) is 5.79. The van der Waals surface area contributed by atoms with Gasteiger partial charge in [-0.15, -0.1) is 0 Å². The number of rotatable bonds is 2. The molecule has 0 heterocycles. The van der Waals surface area contributed by atoms with Crippen molar-refractivity contribution >= 4 is 22.9 Å². The van der Waals surface area contributed by atoms with Crippen LogP contribution in [0.4, 0.5) is 0 Å². The van der Waals surface area contributed by atoms with Crippen molar-refractivity contribution < 1.29 is 0 Å². The third kappa shape index (κ3) is 4.92. The SMILES string of the molecule is C(=C\c1ccccc1)/c1ccccc1.Cc1cccc2ccccc12. The Morgan fingerprint density at radius 3 is 1.52 bits per heavy atom. The van der Waals surface area contributed by atoms with Gasteiger partial charge in [0.15, 0.2) is 0 Å². The first kappa shape index (κ1) is 16.7. The summed E-state index contributed by atoms with van der Waals surface area (Å²) in [4.78, 5) is 0. The molecule has 0 aliphatic carbocycles. The summed E-state index contributed by atoms with van der Waals surface area (Å²) in [5.74, 6) is 0. The van der Waals surface area contributed by atoms with Gasteiger partial charge in [0.2, 0.25) is 0 Å². The van der Waals surface area contributed by atoms with Crippen molar-refractivity contribution in [3.63, 3.8) is 0 Å². The molecule has 25 heavy (non-hydrogen) atoms. The van der Waals surface area contributed by atoms with Crippen molar-refractivity contribution in [2.75, 3.05) is 0 Å². The van der Waals surface area contributed by atoms with E-state index in [1.807, 2.05) is 36.4 Å². The van der Waals surface area contributed by atoms with Crippen LogP contribution in [0.3, 0.4) is 0 Å². The zero-order valence-corrected chi connectivity index (χ0v) is 14.5. The Balaban J connectivity index is 0.000000150. The third-order valence-corrected chi connectivity index (χ3v) is 4.08. The van der Waals surface area contributed by atoms with Crippen LogP contribution in [-0.2, 0) is 0 Å². The average Bonchev–Trinajstić information content (AvgIpc) is 2.69. The minimum absolute atomic E-state index is 1.23. The Labute approximate surface area is 150 Å². The molecular weight excluding hydrogens is 300 g/mol. The first-order valence-electron chi connectivity index (χ1n) is 8.55. The molecule has 0 bridgehead atoms. The molecule has 0 spiro atoms. The molecule has 0 N–H and O–H groups in total. The molecule has 0 atom stereocenters. The summed E-state index contributed by atoms with van der Waals surface area (Å²) < 4.78 is 0. The fraction of sp³-hybridized carbons (Fsp3) is 0.0400. The Morgan fingerprint density at radius 1 is 0.480 bits per heavy atom. The van der Waals surface area contributed by atoms with E-state index < -0.39 is 0 Å². The fourth-order valence-corrected chi connectivity index (χ4v) is 2.71. The van der Waals surface area contributed by atoms with Crippen LogP contribution in [0.25, 0.3) is 22.9 Å². The first-order chi connectivity index (χ1) is 12.3. The van der Waals surface area contributed by atoms with Gasteiger partial charge < -0.3 is 0 Å². The van der Waals surface area contributed by atoms with Crippen molar-refractivity contribution in [1.29, 1.82) is 0 Å². The normalized spacial score (nSPS) is 10.4. The summed E-state index contributed by atoms with van der Waals surface area (Å²) in [6.07, 6.45) is 4.24. The topological polar surface area (TPSA) is 0 Å². The predicted octanol–water partition coefficient (Wildman–Crippen LogP) is 7.01. The van der Waals surface area contributed by atoms with E-state index in [2.05, 4.69) is 85.8 Å². The lowest BCUT2D eigenvalue weighted by Gasteiger charge is -1.98. The van der Waals surface area contributed by atoms with Gasteiger partial charge >= 0.3 is 0 Å². The summed E-state index contributed by atoms with van der Waals surface area (Å²) in [7, 11) is 0. The molecule has 0 unspecified atom stereocenters. The number of hydrogen-bond acceptors (Lipinski definition) is 0. The van der Waals surface area contributed by atoms with Crippen LogP contribution in [0.1, 0.15) is 16.7 Å². The van der Waals surface area contributed by atoms with E-state index in [0.29, 0.717) is 0 Å². The van der Waals surface area contributed by atoms with Crippen molar-refractivity contribution in [2.24, 2.45) is 0 Å². The minimum atomic E-state index is 1.23. The van der Waals surface area contributed by atoms with Crippen molar-refractivity contribution in [2.45, 2.75) is 6.92 Å². The standard InChI is InChI=1S/C14H12.C11H10/c1-3-7-13(8-4-1)11-12-14-9-5-2-6-10-14;1-9-5-4-7-10-6-2-3-8-11(9)10/h1-12H;2-8H,1H3/b12-11+;. The predicted molar refractivity (Wildman–Crippen MR) is 110 cm³/mol. The molecule has 4 rings (SSSR count). The van der Waals surface area contributed by atoms with Gasteiger partial charge in [-0.1, -0.05) is 115 Å². The van der Waals surface area contributed by atoms with E-state index >= 15 is 0 Å². The second-order valence-corrected chi connectivity index (χ2v) is 5.95. The molecule has 122 valence electrons. The molecule has 0 fully saturated rings. The van der Waals surface area contributed by atoms with Gasteiger partial charge in [0, 0.05) is 0 Å². The molecule has 4 aromatic rings. The van der Waals surface area contributed by atoms with Crippen LogP contribution in [0.5, 0.6) is 0 Å². The van der Waals surface area contributed by atoms with E-state index in [4.69, 9.17) is 0 Å². The minimum Gasteiger partial charge on any atom is -0.0622 e. The van der Waals surface area contributed by atoms with Crippen molar-refractivity contribution in [3.8, 4) is 0 Å². The van der Waals surface area contributed by atoms with Crippen LogP contribution in [-0.4, -0.2) is 0 Å². The van der Waals surface area contributed by atoms with Gasteiger partial charge in [0.1, 0.15) is 0 Å². The highest BCUT2D eigenvalue weighted by atomic mass is 14.0. The maximum absolute atomic E-state index is 2.16. The molecule has 0 amide bonds. The zero-order chi connectivity index (χ0) is 17.3. The van der Waals surface area contributed by atoms with E-state index in [9.17, 15) is 0 Å². The van der Waals surface area contributed by atoms with Crippen LogP contribution in [0.2, 0.25) is 0 Å². The second kappa shape index (κ2) is 8.65. The lowest BCUT2D eigenvalue weighted by Crippen LogP contribution is -1.75. The molecule has 4 aromatic carbocycles. The molecule has 0 aromatic heterocycles. The smallest absolute Gasteiger partial charge is 0.0155 e. The molecule has 0 heteroatoms. The molecule has 0 saturated heterocycles. The number of hydrogen-bond donors (Lipinski definition) is 0. The Morgan fingerprint density at radius 2 is 0.960 bits per heavy atom. The monoisotopic (exact) mass is 322 g/mol. The zero-order valence-electron chi connectivity index (χ0n) is 14.5. The number of aryl methyl sites for hydroxylation is 1. The quantitative estimate of drug-likeness (QED) is 0.348. The van der Waals surface area contributed by atoms with Gasteiger partial charge in [-0.3, -0.25) is 0 Å². The molecule has 0 radical (unpaired) electrons. The molecule has 0 saturated carbocycles. The summed E-state index contributed by atoms with van der Waals surface area (Å²) in [6, 6.07) is 35.5. The van der Waals surface area contributed by atoms with E-state index in [1.165, 1.54) is 27.5 Å². The van der Waals surface area contributed by atoms with Gasteiger partial charge in [-0.25, -0.2) is 0 Å². The summed E-state index contributed by atoms with van der Waals surface area (Å²) in [5.41, 5.74) is 3.82. The van der Waals surface area contributed by atoms with Crippen LogP contribution < -0.4 is 0 Å². The second-order valence-electron chi connectivity index (χ2n) is 5.95. The largest absolute Gasteiger partial charge is 0.0622 e. The highest BCUT2D eigenvalue weighted by Gasteiger charge is 1.92. The molecular formula is C25H22. The average molecular weight is 322 g/mol. The highest BCUT2D eigenvalue weighted by Crippen LogP contribution is 2.16. The van der Waals surface area contributed by atoms with E-state index in [0.717, 1.165) is 0 Å². The van der Waals surface area contributed by atoms with Crippen molar-refractivity contribution in [1.82, 2.24) is 0 Å². The molecule has 0 aliphatic rings. The lowest BCUT2D eigenvalue weighted by molar-refractivity contribution is 1.53. The van der Waals surface area contributed by atoms with Crippen LogP contribution in [0.15, 0.2) is 103 Å². The van der Waals surface area contributed by atoms with E-state index in [-0.39, 0.29) is 0 Å².